The van der Waals surface area contributed by atoms with Crippen LogP contribution in [0.4, 0.5) is 0 Å². The van der Waals surface area contributed by atoms with Crippen LogP contribution >= 0.6 is 0 Å². The zero-order valence-corrected chi connectivity index (χ0v) is 6.91. The molecule has 10 heavy (non-hydrogen) atoms. The Morgan fingerprint density at radius 3 is 2.30 bits per heavy atom. The van der Waals surface area contributed by atoms with Crippen molar-refractivity contribution >= 4 is 0 Å². The number of piperazine rings is 1. The summed E-state index contributed by atoms with van der Waals surface area (Å²) >= 11 is 0. The average Bonchev–Trinajstić information content (AvgIpc) is 1.84. The highest BCUT2D eigenvalue weighted by Crippen LogP contribution is 2.09. The summed E-state index contributed by atoms with van der Waals surface area (Å²) in [5.74, 6) is 0. The Kier molecular flexibility index (Phi) is 2.28. The number of nitrogens with zero attached hydrogens (tertiary/aromatic N) is 2. The van der Waals surface area contributed by atoms with Gasteiger partial charge in [-0.3, -0.25) is 0 Å². The van der Waals surface area contributed by atoms with Gasteiger partial charge < -0.3 is 10.1 Å². The van der Waals surface area contributed by atoms with E-state index < -0.39 is 0 Å². The van der Waals surface area contributed by atoms with Gasteiger partial charge in [0.1, 0.15) is 0 Å². The van der Waals surface area contributed by atoms with E-state index in [0.717, 1.165) is 13.1 Å². The van der Waals surface area contributed by atoms with Crippen LogP contribution in [0.5, 0.6) is 0 Å². The van der Waals surface area contributed by atoms with Crippen molar-refractivity contribution in [1.82, 2.24) is 9.96 Å². The van der Waals surface area contributed by atoms with Crippen molar-refractivity contribution in [3.05, 3.63) is 0 Å². The minimum Gasteiger partial charge on any atom is -0.314 e. The normalized spacial score (nSPS) is 38.4. The zero-order chi connectivity index (χ0) is 7.72. The van der Waals surface area contributed by atoms with Gasteiger partial charge in [-0.1, -0.05) is 0 Å². The van der Waals surface area contributed by atoms with Crippen LogP contribution in [0.2, 0.25) is 0 Å². The fourth-order valence-electron chi connectivity index (χ4n) is 1.28. The molecule has 2 atom stereocenters. The topological polar surface area (TPSA) is 26.7 Å². The van der Waals surface area contributed by atoms with Crippen molar-refractivity contribution in [1.29, 1.82) is 0 Å². The van der Waals surface area contributed by atoms with Gasteiger partial charge in [0, 0.05) is 25.2 Å². The molecule has 0 spiro atoms. The molecule has 0 aromatic rings. The van der Waals surface area contributed by atoms with Crippen LogP contribution in [-0.2, 0) is 0 Å². The molecular formula is C7H16N2O. The van der Waals surface area contributed by atoms with Gasteiger partial charge in [0.15, 0.2) is 0 Å². The van der Waals surface area contributed by atoms with E-state index in [1.807, 2.05) is 6.92 Å². The summed E-state index contributed by atoms with van der Waals surface area (Å²) in [5, 5.41) is 10.7. The molecule has 1 aliphatic rings. The monoisotopic (exact) mass is 144 g/mol. The molecule has 1 rings (SSSR count). The first kappa shape index (κ1) is 7.98. The van der Waals surface area contributed by atoms with Crippen LogP contribution < -0.4 is 0 Å². The Labute approximate surface area is 62.2 Å². The molecule has 0 bridgehead atoms. The lowest BCUT2D eigenvalue weighted by atomic mass is 10.1. The highest BCUT2D eigenvalue weighted by atomic mass is 16.5. The zero-order valence-electron chi connectivity index (χ0n) is 6.91. The molecule has 0 aromatic carbocycles. The first-order valence-electron chi connectivity index (χ1n) is 3.77. The van der Waals surface area contributed by atoms with Crippen molar-refractivity contribution in [3.63, 3.8) is 0 Å². The van der Waals surface area contributed by atoms with Gasteiger partial charge in [0.25, 0.3) is 0 Å². The SMILES string of the molecule is CC1CN(O)C(C)CN1C. The van der Waals surface area contributed by atoms with E-state index in [0.29, 0.717) is 6.04 Å². The highest BCUT2D eigenvalue weighted by Gasteiger charge is 2.24. The van der Waals surface area contributed by atoms with E-state index in [2.05, 4.69) is 18.9 Å². The highest BCUT2D eigenvalue weighted by molar-refractivity contribution is 4.77. The third-order valence-corrected chi connectivity index (χ3v) is 2.26. The lowest BCUT2D eigenvalue weighted by Gasteiger charge is -2.38. The second-order valence-electron chi connectivity index (χ2n) is 3.26. The maximum Gasteiger partial charge on any atom is 0.0449 e. The van der Waals surface area contributed by atoms with Crippen LogP contribution in [0, 0.1) is 0 Å². The predicted molar refractivity (Wildman–Crippen MR) is 40.0 cm³/mol. The van der Waals surface area contributed by atoms with Crippen molar-refractivity contribution in [3.8, 4) is 0 Å². The lowest BCUT2D eigenvalue weighted by Crippen LogP contribution is -2.53. The number of rotatable bonds is 0. The lowest BCUT2D eigenvalue weighted by molar-refractivity contribution is -0.159. The fourth-order valence-corrected chi connectivity index (χ4v) is 1.28. The van der Waals surface area contributed by atoms with Gasteiger partial charge >= 0.3 is 0 Å². The maximum absolute atomic E-state index is 9.27. The Morgan fingerprint density at radius 2 is 1.80 bits per heavy atom. The first-order valence-corrected chi connectivity index (χ1v) is 3.77. The van der Waals surface area contributed by atoms with Gasteiger partial charge in [0.05, 0.1) is 0 Å². The van der Waals surface area contributed by atoms with Crippen LogP contribution in [-0.4, -0.2) is 47.4 Å². The summed E-state index contributed by atoms with van der Waals surface area (Å²) in [6.45, 7) is 5.87. The van der Waals surface area contributed by atoms with E-state index >= 15 is 0 Å². The molecule has 1 aliphatic heterocycles. The Balaban J connectivity index is 2.46. The summed E-state index contributed by atoms with van der Waals surface area (Å²) in [6, 6.07) is 0.752. The van der Waals surface area contributed by atoms with E-state index in [1.54, 1.807) is 0 Å². The predicted octanol–water partition coefficient (Wildman–Crippen LogP) is 0.400. The minimum absolute atomic E-state index is 0.279. The fraction of sp³-hybridized carbons (Fsp3) is 1.00. The van der Waals surface area contributed by atoms with Crippen LogP contribution in [0.3, 0.4) is 0 Å². The van der Waals surface area contributed by atoms with Crippen LogP contribution in [0.15, 0.2) is 0 Å². The third-order valence-electron chi connectivity index (χ3n) is 2.26. The summed E-state index contributed by atoms with van der Waals surface area (Å²) in [6.07, 6.45) is 0. The number of hydrogen-bond donors (Lipinski definition) is 1. The number of hydrogen-bond acceptors (Lipinski definition) is 3. The summed E-state index contributed by atoms with van der Waals surface area (Å²) in [4.78, 5) is 2.26. The molecule has 0 amide bonds. The van der Waals surface area contributed by atoms with Crippen molar-refractivity contribution in [2.45, 2.75) is 25.9 Å². The summed E-state index contributed by atoms with van der Waals surface area (Å²) in [5.41, 5.74) is 0. The van der Waals surface area contributed by atoms with Crippen LogP contribution in [0.25, 0.3) is 0 Å². The molecule has 0 radical (unpaired) electrons. The Hall–Kier alpha value is -0.120. The first-order chi connectivity index (χ1) is 4.61. The maximum atomic E-state index is 9.27. The number of likely N-dealkylation sites (N-methyl/N-ethyl adjacent to an activating group) is 1. The molecular weight excluding hydrogens is 128 g/mol. The van der Waals surface area contributed by atoms with Gasteiger partial charge in [-0.05, 0) is 20.9 Å². The number of hydroxylamine groups is 2. The summed E-state index contributed by atoms with van der Waals surface area (Å²) in [7, 11) is 2.09. The molecule has 0 saturated carbocycles. The van der Waals surface area contributed by atoms with Gasteiger partial charge in [-0.2, -0.15) is 5.06 Å². The Morgan fingerprint density at radius 1 is 1.20 bits per heavy atom. The largest absolute Gasteiger partial charge is 0.314 e. The smallest absolute Gasteiger partial charge is 0.0449 e. The molecule has 0 aromatic heterocycles. The molecule has 3 nitrogen and oxygen atoms in total. The molecule has 1 N–H and O–H groups in total. The molecule has 3 heteroatoms. The minimum atomic E-state index is 0.279. The molecule has 1 fully saturated rings. The van der Waals surface area contributed by atoms with Gasteiger partial charge in [0.2, 0.25) is 0 Å². The molecule has 1 heterocycles. The Bertz CT molecular complexity index is 92.2. The molecule has 1 saturated heterocycles. The standard InChI is InChI=1S/C7H16N2O/c1-6-5-9(10)7(2)4-8(6)3/h6-7,10H,4-5H2,1-3H3. The quantitative estimate of drug-likeness (QED) is 0.533. The van der Waals surface area contributed by atoms with E-state index in [4.69, 9.17) is 0 Å². The molecule has 0 aliphatic carbocycles. The van der Waals surface area contributed by atoms with Crippen molar-refractivity contribution in [2.75, 3.05) is 20.1 Å². The van der Waals surface area contributed by atoms with E-state index in [-0.39, 0.29) is 6.04 Å². The second-order valence-corrected chi connectivity index (χ2v) is 3.26. The molecule has 60 valence electrons. The van der Waals surface area contributed by atoms with E-state index in [9.17, 15) is 5.21 Å². The summed E-state index contributed by atoms with van der Waals surface area (Å²) < 4.78 is 0. The van der Waals surface area contributed by atoms with Crippen molar-refractivity contribution in [2.24, 2.45) is 0 Å². The second kappa shape index (κ2) is 2.86. The van der Waals surface area contributed by atoms with Crippen LogP contribution in [0.1, 0.15) is 13.8 Å². The van der Waals surface area contributed by atoms with Crippen molar-refractivity contribution < 1.29 is 5.21 Å². The van der Waals surface area contributed by atoms with Gasteiger partial charge in [-0.15, -0.1) is 0 Å². The van der Waals surface area contributed by atoms with Gasteiger partial charge in [-0.25, -0.2) is 0 Å². The van der Waals surface area contributed by atoms with E-state index in [1.165, 1.54) is 5.06 Å². The molecule has 2 unspecified atom stereocenters. The third kappa shape index (κ3) is 1.48. The average molecular weight is 144 g/mol.